The Bertz CT molecular complexity index is 1100. The molecule has 0 fully saturated rings. The maximum absolute atomic E-state index is 13.2. The quantitative estimate of drug-likeness (QED) is 0.597. The lowest BCUT2D eigenvalue weighted by Gasteiger charge is -2.31. The molecule has 3 rings (SSSR count). The molecule has 7 nitrogen and oxygen atoms in total. The lowest BCUT2D eigenvalue weighted by molar-refractivity contribution is -0.274. The van der Waals surface area contributed by atoms with Crippen molar-refractivity contribution in [2.45, 2.75) is 38.8 Å². The predicted molar refractivity (Wildman–Crippen MR) is 111 cm³/mol. The van der Waals surface area contributed by atoms with Crippen LogP contribution in [0.25, 0.3) is 11.3 Å². The highest BCUT2D eigenvalue weighted by Crippen LogP contribution is 2.30. The number of halogens is 3. The van der Waals surface area contributed by atoms with Gasteiger partial charge in [-0.1, -0.05) is 18.2 Å². The Morgan fingerprint density at radius 1 is 1.16 bits per heavy atom. The van der Waals surface area contributed by atoms with Crippen LogP contribution in [0.3, 0.4) is 0 Å². The molecule has 1 aromatic carbocycles. The second kappa shape index (κ2) is 8.62. The summed E-state index contributed by atoms with van der Waals surface area (Å²) in [7, 11) is 1.61. The summed E-state index contributed by atoms with van der Waals surface area (Å²) >= 11 is 0. The molecule has 2 N–H and O–H groups in total. The Kier molecular flexibility index (Phi) is 6.27. The van der Waals surface area contributed by atoms with E-state index in [0.29, 0.717) is 16.8 Å². The molecule has 0 unspecified atom stereocenters. The standard InChI is InChI=1S/C22H23F3N4O3/c1-13-6-5-7-17(27-13)16-12-26-29(4)18(16)20(30)28-19(21(2,3)31)14-8-10-15(11-9-14)32-22(23,24)25/h5-12,19,31H,1-4H3,(H,28,30)/t19-/m0/s1. The maximum atomic E-state index is 13.2. The van der Waals surface area contributed by atoms with E-state index < -0.39 is 29.7 Å². The normalized spacial score (nSPS) is 13.0. The molecule has 2 heterocycles. The van der Waals surface area contributed by atoms with Crippen LogP contribution in [0.4, 0.5) is 13.2 Å². The molecular weight excluding hydrogens is 425 g/mol. The number of nitrogens with zero attached hydrogens (tertiary/aromatic N) is 3. The Balaban J connectivity index is 1.91. The zero-order chi connectivity index (χ0) is 23.7. The van der Waals surface area contributed by atoms with E-state index in [4.69, 9.17) is 0 Å². The van der Waals surface area contributed by atoms with E-state index in [1.54, 1.807) is 13.1 Å². The van der Waals surface area contributed by atoms with E-state index in [2.05, 4.69) is 20.1 Å². The number of alkyl halides is 3. The van der Waals surface area contributed by atoms with Crippen molar-refractivity contribution >= 4 is 5.91 Å². The van der Waals surface area contributed by atoms with Gasteiger partial charge in [0.05, 0.1) is 29.1 Å². The van der Waals surface area contributed by atoms with Gasteiger partial charge in [-0.15, -0.1) is 13.2 Å². The van der Waals surface area contributed by atoms with E-state index in [1.165, 1.54) is 36.9 Å². The van der Waals surface area contributed by atoms with Crippen molar-refractivity contribution in [3.8, 4) is 17.0 Å². The molecule has 32 heavy (non-hydrogen) atoms. The molecule has 0 saturated carbocycles. The van der Waals surface area contributed by atoms with Crippen LogP contribution in [-0.2, 0) is 7.05 Å². The number of amides is 1. The molecule has 0 saturated heterocycles. The van der Waals surface area contributed by atoms with Crippen LogP contribution in [0.15, 0.2) is 48.7 Å². The Morgan fingerprint density at radius 2 is 1.81 bits per heavy atom. The topological polar surface area (TPSA) is 89.3 Å². The molecule has 0 aliphatic heterocycles. The fraction of sp³-hybridized carbons (Fsp3) is 0.318. The highest BCUT2D eigenvalue weighted by Gasteiger charge is 2.33. The van der Waals surface area contributed by atoms with Gasteiger partial charge in [0.25, 0.3) is 5.91 Å². The van der Waals surface area contributed by atoms with Crippen molar-refractivity contribution in [1.82, 2.24) is 20.1 Å². The second-order valence-corrected chi connectivity index (χ2v) is 7.87. The molecule has 10 heteroatoms. The van der Waals surface area contributed by atoms with Gasteiger partial charge in [-0.3, -0.25) is 14.5 Å². The number of ether oxygens (including phenoxy) is 1. The first-order valence-electron chi connectivity index (χ1n) is 9.70. The zero-order valence-corrected chi connectivity index (χ0v) is 17.9. The van der Waals surface area contributed by atoms with Gasteiger partial charge in [0.15, 0.2) is 0 Å². The molecule has 3 aromatic rings. The van der Waals surface area contributed by atoms with Crippen molar-refractivity contribution < 1.29 is 27.8 Å². The minimum Gasteiger partial charge on any atom is -0.406 e. The van der Waals surface area contributed by atoms with E-state index in [0.717, 1.165) is 17.8 Å². The number of carbonyl (C=O) groups excluding carboxylic acids is 1. The minimum atomic E-state index is -4.81. The Labute approximate surface area is 182 Å². The minimum absolute atomic E-state index is 0.231. The lowest BCUT2D eigenvalue weighted by Crippen LogP contribution is -2.42. The number of hydrogen-bond acceptors (Lipinski definition) is 5. The van der Waals surface area contributed by atoms with Gasteiger partial charge < -0.3 is 15.2 Å². The number of carbonyl (C=O) groups is 1. The predicted octanol–water partition coefficient (Wildman–Crippen LogP) is 3.93. The lowest BCUT2D eigenvalue weighted by atomic mass is 9.91. The van der Waals surface area contributed by atoms with Gasteiger partial charge in [0.1, 0.15) is 11.4 Å². The second-order valence-electron chi connectivity index (χ2n) is 7.87. The molecule has 0 radical (unpaired) electrons. The van der Waals surface area contributed by atoms with Gasteiger partial charge in [0.2, 0.25) is 0 Å². The van der Waals surface area contributed by atoms with Gasteiger partial charge in [0, 0.05) is 12.7 Å². The summed E-state index contributed by atoms with van der Waals surface area (Å²) < 4.78 is 42.6. The summed E-state index contributed by atoms with van der Waals surface area (Å²) in [4.78, 5) is 17.6. The number of rotatable bonds is 6. The van der Waals surface area contributed by atoms with Crippen LogP contribution in [-0.4, -0.2) is 37.7 Å². The first-order chi connectivity index (χ1) is 14.8. The summed E-state index contributed by atoms with van der Waals surface area (Å²) in [5, 5.41) is 17.6. The number of nitrogens with one attached hydrogen (secondary N) is 1. The SMILES string of the molecule is Cc1cccc(-c2cnn(C)c2C(=O)N[C@@H](c2ccc(OC(F)(F)F)cc2)C(C)(C)O)n1. The summed E-state index contributed by atoms with van der Waals surface area (Å²) in [6.45, 7) is 4.81. The molecule has 0 bridgehead atoms. The molecule has 0 aliphatic carbocycles. The fourth-order valence-electron chi connectivity index (χ4n) is 3.32. The molecule has 0 spiro atoms. The summed E-state index contributed by atoms with van der Waals surface area (Å²) in [5.74, 6) is -0.924. The monoisotopic (exact) mass is 448 g/mol. The van der Waals surface area contributed by atoms with Crippen molar-refractivity contribution in [3.63, 3.8) is 0 Å². The van der Waals surface area contributed by atoms with Gasteiger partial charge >= 0.3 is 6.36 Å². The van der Waals surface area contributed by atoms with Crippen LogP contribution < -0.4 is 10.1 Å². The van der Waals surface area contributed by atoms with Gasteiger partial charge in [-0.2, -0.15) is 5.10 Å². The number of hydrogen-bond donors (Lipinski definition) is 2. The highest BCUT2D eigenvalue weighted by atomic mass is 19.4. The van der Waals surface area contributed by atoms with E-state index in [9.17, 15) is 23.1 Å². The van der Waals surface area contributed by atoms with Gasteiger partial charge in [-0.05, 0) is 50.6 Å². The summed E-state index contributed by atoms with van der Waals surface area (Å²) in [5.41, 5.74) is 1.05. The third-order valence-electron chi connectivity index (χ3n) is 4.75. The van der Waals surface area contributed by atoms with E-state index in [1.807, 2.05) is 19.1 Å². The third-order valence-corrected chi connectivity index (χ3v) is 4.75. The van der Waals surface area contributed by atoms with E-state index >= 15 is 0 Å². The summed E-state index contributed by atoms with van der Waals surface area (Å²) in [6.07, 6.45) is -3.29. The first-order valence-corrected chi connectivity index (χ1v) is 9.70. The van der Waals surface area contributed by atoms with Crippen LogP contribution in [0.2, 0.25) is 0 Å². The number of pyridine rings is 1. The largest absolute Gasteiger partial charge is 0.573 e. The fourth-order valence-corrected chi connectivity index (χ4v) is 3.32. The zero-order valence-electron chi connectivity index (χ0n) is 17.9. The number of benzene rings is 1. The number of aromatic nitrogens is 3. The average molecular weight is 448 g/mol. The number of aliphatic hydroxyl groups is 1. The molecule has 1 amide bonds. The third kappa shape index (κ3) is 5.44. The molecule has 1 atom stereocenters. The first kappa shape index (κ1) is 23.3. The molecular formula is C22H23F3N4O3. The van der Waals surface area contributed by atoms with Crippen LogP contribution in [0.5, 0.6) is 5.75 Å². The Morgan fingerprint density at radius 3 is 2.38 bits per heavy atom. The highest BCUT2D eigenvalue weighted by molar-refractivity contribution is 5.99. The molecule has 2 aromatic heterocycles. The van der Waals surface area contributed by atoms with E-state index in [-0.39, 0.29) is 5.69 Å². The molecule has 0 aliphatic rings. The van der Waals surface area contributed by atoms with Crippen molar-refractivity contribution in [2.24, 2.45) is 7.05 Å². The van der Waals surface area contributed by atoms with Gasteiger partial charge in [-0.25, -0.2) is 0 Å². The maximum Gasteiger partial charge on any atom is 0.573 e. The average Bonchev–Trinajstić information content (AvgIpc) is 3.06. The van der Waals surface area contributed by atoms with Crippen LogP contribution in [0.1, 0.15) is 41.6 Å². The van der Waals surface area contributed by atoms with Crippen LogP contribution >= 0.6 is 0 Å². The smallest absolute Gasteiger partial charge is 0.406 e. The molecule has 170 valence electrons. The van der Waals surface area contributed by atoms with Crippen molar-refractivity contribution in [1.29, 1.82) is 0 Å². The Hall–Kier alpha value is -3.40. The van der Waals surface area contributed by atoms with Crippen molar-refractivity contribution in [3.05, 3.63) is 65.6 Å². The van der Waals surface area contributed by atoms with Crippen LogP contribution in [0, 0.1) is 6.92 Å². The summed E-state index contributed by atoms with van der Waals surface area (Å²) in [6, 6.07) is 9.44. The number of aryl methyl sites for hydroxylation is 2. The van der Waals surface area contributed by atoms with Crippen molar-refractivity contribution in [2.75, 3.05) is 0 Å².